The van der Waals surface area contributed by atoms with Gasteiger partial charge in [0.15, 0.2) is 0 Å². The van der Waals surface area contributed by atoms with Gasteiger partial charge in [0.1, 0.15) is 5.60 Å². The molecule has 116 valence electrons. The fourth-order valence-corrected chi connectivity index (χ4v) is 1.66. The first-order valence-corrected chi connectivity index (χ1v) is 6.75. The molecule has 1 rings (SSSR count). The van der Waals surface area contributed by atoms with Crippen LogP contribution in [0.1, 0.15) is 38.1 Å². The molecule has 0 aliphatic rings. The molecule has 0 fully saturated rings. The van der Waals surface area contributed by atoms with Gasteiger partial charge in [-0.2, -0.15) is 0 Å². The highest BCUT2D eigenvalue weighted by Gasteiger charge is 2.17. The second-order valence-corrected chi connectivity index (χ2v) is 5.78. The lowest BCUT2D eigenvalue weighted by atomic mass is 10.1. The van der Waals surface area contributed by atoms with Crippen LogP contribution in [0.25, 0.3) is 0 Å². The summed E-state index contributed by atoms with van der Waals surface area (Å²) in [6.45, 7) is 7.53. The largest absolute Gasteiger partial charge is 0.478 e. The number of aromatic carboxylic acids is 1. The van der Waals surface area contributed by atoms with Crippen LogP contribution in [-0.2, 0) is 4.74 Å². The molecule has 0 saturated carbocycles. The van der Waals surface area contributed by atoms with E-state index in [1.54, 1.807) is 39.0 Å². The molecular formula is C15H22N2O4. The first-order valence-electron chi connectivity index (χ1n) is 6.75. The molecule has 0 aliphatic carbocycles. The van der Waals surface area contributed by atoms with Gasteiger partial charge in [-0.15, -0.1) is 0 Å². The van der Waals surface area contributed by atoms with Crippen molar-refractivity contribution in [2.45, 2.75) is 39.3 Å². The highest BCUT2D eigenvalue weighted by Crippen LogP contribution is 2.15. The number of benzene rings is 1. The standard InChI is InChI=1S/C15H22N2O4/c1-10(9-16-14(20)21-15(2,3)4)17-12-8-6-5-7-11(12)13(18)19/h5-8,10,17H,9H2,1-4H3,(H,16,20)(H,18,19). The van der Waals surface area contributed by atoms with E-state index in [4.69, 9.17) is 9.84 Å². The van der Waals surface area contributed by atoms with Crippen molar-refractivity contribution in [3.63, 3.8) is 0 Å². The number of anilines is 1. The van der Waals surface area contributed by atoms with Crippen molar-refractivity contribution in [1.82, 2.24) is 5.32 Å². The number of hydrogen-bond acceptors (Lipinski definition) is 4. The van der Waals surface area contributed by atoms with Crippen molar-refractivity contribution in [2.75, 3.05) is 11.9 Å². The van der Waals surface area contributed by atoms with Crippen LogP contribution in [-0.4, -0.2) is 35.4 Å². The number of carbonyl (C=O) groups excluding carboxylic acids is 1. The average molecular weight is 294 g/mol. The Kier molecular flexibility index (Phi) is 5.58. The maximum absolute atomic E-state index is 11.5. The van der Waals surface area contributed by atoms with E-state index in [0.717, 1.165) is 0 Å². The number of nitrogens with one attached hydrogen (secondary N) is 2. The fourth-order valence-electron chi connectivity index (χ4n) is 1.66. The quantitative estimate of drug-likeness (QED) is 0.777. The summed E-state index contributed by atoms with van der Waals surface area (Å²) in [5.41, 5.74) is 0.168. The topological polar surface area (TPSA) is 87.7 Å². The van der Waals surface area contributed by atoms with Crippen LogP contribution >= 0.6 is 0 Å². The predicted octanol–water partition coefficient (Wildman–Crippen LogP) is 2.71. The Morgan fingerprint density at radius 1 is 1.29 bits per heavy atom. The molecule has 0 aliphatic heterocycles. The predicted molar refractivity (Wildman–Crippen MR) is 80.7 cm³/mol. The third-order valence-electron chi connectivity index (χ3n) is 2.51. The molecular weight excluding hydrogens is 272 g/mol. The lowest BCUT2D eigenvalue weighted by Crippen LogP contribution is -2.38. The number of rotatable bonds is 5. The van der Waals surface area contributed by atoms with E-state index in [2.05, 4.69) is 10.6 Å². The minimum Gasteiger partial charge on any atom is -0.478 e. The molecule has 0 aromatic heterocycles. The zero-order valence-corrected chi connectivity index (χ0v) is 12.8. The highest BCUT2D eigenvalue weighted by atomic mass is 16.6. The first kappa shape index (κ1) is 16.8. The minimum absolute atomic E-state index is 0.141. The van der Waals surface area contributed by atoms with Crippen molar-refractivity contribution < 1.29 is 19.4 Å². The van der Waals surface area contributed by atoms with E-state index < -0.39 is 17.7 Å². The Labute approximate surface area is 124 Å². The molecule has 6 heteroatoms. The van der Waals surface area contributed by atoms with Crippen LogP contribution in [0.3, 0.4) is 0 Å². The molecule has 1 atom stereocenters. The van der Waals surface area contributed by atoms with E-state index in [0.29, 0.717) is 12.2 Å². The Hall–Kier alpha value is -2.24. The zero-order chi connectivity index (χ0) is 16.0. The number of alkyl carbamates (subject to hydrolysis) is 1. The van der Waals surface area contributed by atoms with Gasteiger partial charge in [-0.3, -0.25) is 0 Å². The van der Waals surface area contributed by atoms with Crippen molar-refractivity contribution in [3.8, 4) is 0 Å². The highest BCUT2D eigenvalue weighted by molar-refractivity contribution is 5.94. The van der Waals surface area contributed by atoms with Crippen molar-refractivity contribution >= 4 is 17.7 Å². The summed E-state index contributed by atoms with van der Waals surface area (Å²) >= 11 is 0. The molecule has 0 saturated heterocycles. The summed E-state index contributed by atoms with van der Waals surface area (Å²) in [6.07, 6.45) is -0.498. The molecule has 1 unspecified atom stereocenters. The number of carbonyl (C=O) groups is 2. The maximum atomic E-state index is 11.5. The SMILES string of the molecule is CC(CNC(=O)OC(C)(C)C)Nc1ccccc1C(=O)O. The molecule has 0 spiro atoms. The van der Waals surface area contributed by atoms with Crippen LogP contribution < -0.4 is 10.6 Å². The molecule has 21 heavy (non-hydrogen) atoms. The van der Waals surface area contributed by atoms with E-state index >= 15 is 0 Å². The molecule has 6 nitrogen and oxygen atoms in total. The Balaban J connectivity index is 2.53. The lowest BCUT2D eigenvalue weighted by Gasteiger charge is -2.21. The molecule has 0 bridgehead atoms. The molecule has 0 radical (unpaired) electrons. The Bertz CT molecular complexity index is 509. The zero-order valence-electron chi connectivity index (χ0n) is 12.8. The van der Waals surface area contributed by atoms with Gasteiger partial charge in [-0.25, -0.2) is 9.59 Å². The summed E-state index contributed by atoms with van der Waals surface area (Å²) in [5.74, 6) is -0.995. The third kappa shape index (κ3) is 6.16. The summed E-state index contributed by atoms with van der Waals surface area (Å²) in [5, 5.41) is 14.8. The maximum Gasteiger partial charge on any atom is 0.407 e. The Morgan fingerprint density at radius 3 is 2.48 bits per heavy atom. The van der Waals surface area contributed by atoms with Gasteiger partial charge < -0.3 is 20.5 Å². The molecule has 1 aromatic rings. The normalized spacial score (nSPS) is 12.4. The van der Waals surface area contributed by atoms with E-state index in [9.17, 15) is 9.59 Å². The van der Waals surface area contributed by atoms with Gasteiger partial charge >= 0.3 is 12.1 Å². The van der Waals surface area contributed by atoms with Crippen LogP contribution in [0, 0.1) is 0 Å². The van der Waals surface area contributed by atoms with Gasteiger partial charge in [0.05, 0.1) is 5.56 Å². The second-order valence-electron chi connectivity index (χ2n) is 5.78. The first-order chi connectivity index (χ1) is 9.69. The van der Waals surface area contributed by atoms with E-state index in [1.165, 1.54) is 6.07 Å². The minimum atomic E-state index is -0.995. The van der Waals surface area contributed by atoms with Gasteiger partial charge in [0.2, 0.25) is 0 Å². The second kappa shape index (κ2) is 6.97. The lowest BCUT2D eigenvalue weighted by molar-refractivity contribution is 0.0525. The van der Waals surface area contributed by atoms with Crippen molar-refractivity contribution in [1.29, 1.82) is 0 Å². The molecule has 1 aromatic carbocycles. The number of para-hydroxylation sites is 1. The van der Waals surface area contributed by atoms with Gasteiger partial charge in [0.25, 0.3) is 0 Å². The van der Waals surface area contributed by atoms with Crippen molar-refractivity contribution in [3.05, 3.63) is 29.8 Å². The van der Waals surface area contributed by atoms with Gasteiger partial charge in [-0.1, -0.05) is 12.1 Å². The number of carboxylic acids is 1. The van der Waals surface area contributed by atoms with Crippen LogP contribution in [0.5, 0.6) is 0 Å². The molecule has 0 heterocycles. The van der Waals surface area contributed by atoms with Gasteiger partial charge in [-0.05, 0) is 39.8 Å². The Morgan fingerprint density at radius 2 is 1.90 bits per heavy atom. The average Bonchev–Trinajstić information content (AvgIpc) is 2.35. The smallest absolute Gasteiger partial charge is 0.407 e. The summed E-state index contributed by atoms with van der Waals surface area (Å²) < 4.78 is 5.13. The number of ether oxygens (including phenoxy) is 1. The number of hydrogen-bond donors (Lipinski definition) is 3. The fraction of sp³-hybridized carbons (Fsp3) is 0.467. The number of amides is 1. The van der Waals surface area contributed by atoms with E-state index in [-0.39, 0.29) is 11.6 Å². The third-order valence-corrected chi connectivity index (χ3v) is 2.51. The summed E-state index contributed by atoms with van der Waals surface area (Å²) in [4.78, 5) is 22.6. The molecule has 1 amide bonds. The van der Waals surface area contributed by atoms with Crippen LogP contribution in [0.15, 0.2) is 24.3 Å². The summed E-state index contributed by atoms with van der Waals surface area (Å²) in [6, 6.07) is 6.49. The van der Waals surface area contributed by atoms with Gasteiger partial charge in [0, 0.05) is 18.3 Å². The monoisotopic (exact) mass is 294 g/mol. The van der Waals surface area contributed by atoms with Crippen LogP contribution in [0.4, 0.5) is 10.5 Å². The van der Waals surface area contributed by atoms with Crippen LogP contribution in [0.2, 0.25) is 0 Å². The number of carboxylic acid groups (broad SMARTS) is 1. The summed E-state index contributed by atoms with van der Waals surface area (Å²) in [7, 11) is 0. The van der Waals surface area contributed by atoms with Crippen molar-refractivity contribution in [2.24, 2.45) is 0 Å². The van der Waals surface area contributed by atoms with E-state index in [1.807, 2.05) is 6.92 Å². The molecule has 3 N–H and O–H groups in total.